The second-order valence-corrected chi connectivity index (χ2v) is 7.47. The van der Waals surface area contributed by atoms with Gasteiger partial charge in [0.1, 0.15) is 5.69 Å². The Kier molecular flexibility index (Phi) is 4.16. The summed E-state index contributed by atoms with van der Waals surface area (Å²) < 4.78 is 63.9. The van der Waals surface area contributed by atoms with Gasteiger partial charge in [0, 0.05) is 11.8 Å². The summed E-state index contributed by atoms with van der Waals surface area (Å²) in [4.78, 5) is 0.0280. The lowest BCUT2D eigenvalue weighted by Gasteiger charge is -2.10. The molecule has 0 unspecified atom stereocenters. The van der Waals surface area contributed by atoms with Crippen LogP contribution in [0.25, 0.3) is 16.9 Å². The Morgan fingerprint density at radius 1 is 0.960 bits per heavy atom. The van der Waals surface area contributed by atoms with Gasteiger partial charge in [-0.25, -0.2) is 13.1 Å². The van der Waals surface area contributed by atoms with Crippen LogP contribution in [0.15, 0.2) is 65.6 Å². The third-order valence-electron chi connectivity index (χ3n) is 3.58. The van der Waals surface area contributed by atoms with E-state index in [0.717, 1.165) is 17.0 Å². The Labute approximate surface area is 142 Å². The number of benzene rings is 2. The largest absolute Gasteiger partial charge is 0.433 e. The quantitative estimate of drug-likeness (QED) is 0.705. The molecule has 4 nitrogen and oxygen atoms in total. The van der Waals surface area contributed by atoms with E-state index in [1.807, 2.05) is 0 Å². The lowest BCUT2D eigenvalue weighted by atomic mass is 10.1. The Morgan fingerprint density at radius 3 is 2.08 bits per heavy atom. The molecule has 2 aromatic carbocycles. The molecule has 0 spiro atoms. The van der Waals surface area contributed by atoms with Crippen molar-refractivity contribution in [3.05, 3.63) is 66.4 Å². The van der Waals surface area contributed by atoms with Gasteiger partial charge < -0.3 is 0 Å². The maximum Gasteiger partial charge on any atom is 0.433 e. The van der Waals surface area contributed by atoms with Crippen LogP contribution < -0.4 is 0 Å². The molecule has 0 radical (unpaired) electrons. The minimum Gasteiger partial charge on any atom is -0.228 e. The van der Waals surface area contributed by atoms with Crippen LogP contribution in [0.3, 0.4) is 0 Å². The van der Waals surface area contributed by atoms with Gasteiger partial charge in [-0.05, 0) is 30.3 Å². The van der Waals surface area contributed by atoms with Crippen molar-refractivity contribution in [2.75, 3.05) is 6.26 Å². The lowest BCUT2D eigenvalue weighted by Crippen LogP contribution is -2.13. The van der Waals surface area contributed by atoms with Gasteiger partial charge in [0.05, 0.1) is 16.3 Å². The predicted molar refractivity (Wildman–Crippen MR) is 87.1 cm³/mol. The molecule has 0 aliphatic heterocycles. The van der Waals surface area contributed by atoms with Gasteiger partial charge in [-0.15, -0.1) is 0 Å². The fraction of sp³-hybridized carbons (Fsp3) is 0.118. The number of halogens is 3. The highest BCUT2D eigenvalue weighted by atomic mass is 32.2. The number of sulfone groups is 1. The van der Waals surface area contributed by atoms with Crippen molar-refractivity contribution < 1.29 is 21.6 Å². The molecule has 0 fully saturated rings. The summed E-state index contributed by atoms with van der Waals surface area (Å²) in [5.74, 6) is 0. The van der Waals surface area contributed by atoms with Gasteiger partial charge in [0.25, 0.3) is 0 Å². The standard InChI is InChI=1S/C17H13F3N2O2S/c1-25(23,24)14-9-7-13(8-10-14)22-16(17(18,19)20)11-15(21-22)12-5-3-2-4-6-12/h2-11H,1H3. The molecule has 0 aliphatic rings. The molecule has 0 bridgehead atoms. The molecule has 0 amide bonds. The van der Waals surface area contributed by atoms with Gasteiger partial charge in [-0.3, -0.25) is 0 Å². The van der Waals surface area contributed by atoms with Crippen molar-refractivity contribution in [3.63, 3.8) is 0 Å². The van der Waals surface area contributed by atoms with Crippen LogP contribution in [-0.4, -0.2) is 24.5 Å². The average Bonchev–Trinajstić information content (AvgIpc) is 3.01. The fourth-order valence-corrected chi connectivity index (χ4v) is 2.99. The Bertz CT molecular complexity index is 993. The van der Waals surface area contributed by atoms with E-state index >= 15 is 0 Å². The van der Waals surface area contributed by atoms with Crippen molar-refractivity contribution in [2.24, 2.45) is 0 Å². The monoisotopic (exact) mass is 366 g/mol. The highest BCUT2D eigenvalue weighted by molar-refractivity contribution is 7.90. The zero-order valence-electron chi connectivity index (χ0n) is 13.0. The second-order valence-electron chi connectivity index (χ2n) is 5.46. The first-order valence-corrected chi connectivity index (χ1v) is 9.08. The molecule has 0 atom stereocenters. The molecule has 1 heterocycles. The molecule has 0 N–H and O–H groups in total. The summed E-state index contributed by atoms with van der Waals surface area (Å²) in [6.07, 6.45) is -3.57. The third-order valence-corrected chi connectivity index (χ3v) is 4.71. The number of hydrogen-bond acceptors (Lipinski definition) is 3. The smallest absolute Gasteiger partial charge is 0.228 e. The number of rotatable bonds is 3. The van der Waals surface area contributed by atoms with E-state index in [1.54, 1.807) is 30.3 Å². The summed E-state index contributed by atoms with van der Waals surface area (Å²) >= 11 is 0. The van der Waals surface area contributed by atoms with Gasteiger partial charge in [-0.2, -0.15) is 18.3 Å². The van der Waals surface area contributed by atoms with Crippen LogP contribution in [-0.2, 0) is 16.0 Å². The van der Waals surface area contributed by atoms with E-state index in [0.29, 0.717) is 5.56 Å². The zero-order valence-corrected chi connectivity index (χ0v) is 13.8. The van der Waals surface area contributed by atoms with E-state index in [2.05, 4.69) is 5.10 Å². The van der Waals surface area contributed by atoms with Gasteiger partial charge in [0.2, 0.25) is 0 Å². The van der Waals surface area contributed by atoms with Crippen molar-refractivity contribution >= 4 is 9.84 Å². The summed E-state index contributed by atoms with van der Waals surface area (Å²) in [7, 11) is -3.43. The average molecular weight is 366 g/mol. The van der Waals surface area contributed by atoms with Crippen LogP contribution >= 0.6 is 0 Å². The molecule has 0 saturated heterocycles. The molecule has 3 aromatic rings. The highest BCUT2D eigenvalue weighted by Crippen LogP contribution is 2.34. The first kappa shape index (κ1) is 17.2. The van der Waals surface area contributed by atoms with Gasteiger partial charge >= 0.3 is 6.18 Å². The third kappa shape index (κ3) is 3.58. The van der Waals surface area contributed by atoms with Crippen molar-refractivity contribution in [1.29, 1.82) is 0 Å². The summed E-state index contributed by atoms with van der Waals surface area (Å²) in [5.41, 5.74) is -0.0695. The molecule has 130 valence electrons. The van der Waals surface area contributed by atoms with Crippen LogP contribution in [0.5, 0.6) is 0 Å². The Balaban J connectivity index is 2.13. The van der Waals surface area contributed by atoms with Crippen LogP contribution in [0.1, 0.15) is 5.69 Å². The lowest BCUT2D eigenvalue weighted by molar-refractivity contribution is -0.142. The number of hydrogen-bond donors (Lipinski definition) is 0. The second kappa shape index (κ2) is 6.03. The van der Waals surface area contributed by atoms with Crippen molar-refractivity contribution in [1.82, 2.24) is 9.78 Å². The number of nitrogens with zero attached hydrogens (tertiary/aromatic N) is 2. The maximum absolute atomic E-state index is 13.4. The Morgan fingerprint density at radius 2 is 1.56 bits per heavy atom. The molecule has 3 rings (SSSR count). The molecule has 1 aromatic heterocycles. The van der Waals surface area contributed by atoms with E-state index in [-0.39, 0.29) is 16.3 Å². The SMILES string of the molecule is CS(=O)(=O)c1ccc(-n2nc(-c3ccccc3)cc2C(F)(F)F)cc1. The fourth-order valence-electron chi connectivity index (χ4n) is 2.36. The molecular formula is C17H13F3N2O2S. The normalized spacial score (nSPS) is 12.3. The minimum atomic E-state index is -4.60. The van der Waals surface area contributed by atoms with Gasteiger partial charge in [0.15, 0.2) is 9.84 Å². The first-order chi connectivity index (χ1) is 11.7. The molecule has 0 saturated carbocycles. The van der Waals surface area contributed by atoms with Crippen LogP contribution in [0, 0.1) is 0 Å². The minimum absolute atomic E-state index is 0.0280. The summed E-state index contributed by atoms with van der Waals surface area (Å²) in [6.45, 7) is 0. The highest BCUT2D eigenvalue weighted by Gasteiger charge is 2.36. The topological polar surface area (TPSA) is 52.0 Å². The summed E-state index contributed by atoms with van der Waals surface area (Å²) in [6, 6.07) is 14.6. The van der Waals surface area contributed by atoms with E-state index in [1.165, 1.54) is 24.3 Å². The zero-order chi connectivity index (χ0) is 18.2. The van der Waals surface area contributed by atoms with E-state index < -0.39 is 21.7 Å². The number of alkyl halides is 3. The van der Waals surface area contributed by atoms with Crippen molar-refractivity contribution in [3.8, 4) is 16.9 Å². The Hall–Kier alpha value is -2.61. The van der Waals surface area contributed by atoms with Crippen molar-refractivity contribution in [2.45, 2.75) is 11.1 Å². The van der Waals surface area contributed by atoms with Crippen LogP contribution in [0.2, 0.25) is 0 Å². The van der Waals surface area contributed by atoms with Gasteiger partial charge in [-0.1, -0.05) is 30.3 Å². The maximum atomic E-state index is 13.4. The number of aromatic nitrogens is 2. The summed E-state index contributed by atoms with van der Waals surface area (Å²) in [5, 5.41) is 4.06. The molecule has 8 heteroatoms. The predicted octanol–water partition coefficient (Wildman–Crippen LogP) is 3.96. The molecule has 25 heavy (non-hydrogen) atoms. The molecule has 0 aliphatic carbocycles. The van der Waals surface area contributed by atoms with E-state index in [4.69, 9.17) is 0 Å². The van der Waals surface area contributed by atoms with E-state index in [9.17, 15) is 21.6 Å². The molecular weight excluding hydrogens is 353 g/mol. The van der Waals surface area contributed by atoms with Crippen LogP contribution in [0.4, 0.5) is 13.2 Å². The first-order valence-electron chi connectivity index (χ1n) is 7.19.